The quantitative estimate of drug-likeness (QED) is 0.404. The molecule has 1 rings (SSSR count). The van der Waals surface area contributed by atoms with E-state index in [-0.39, 0.29) is 0 Å². The Bertz CT molecular complexity index is 523. The fourth-order valence-corrected chi connectivity index (χ4v) is 1.95. The van der Waals surface area contributed by atoms with Crippen LogP contribution in [0.3, 0.4) is 0 Å². The Morgan fingerprint density at radius 3 is 2.82 bits per heavy atom. The van der Waals surface area contributed by atoms with Gasteiger partial charge in [-0.05, 0) is 6.42 Å². The van der Waals surface area contributed by atoms with Gasteiger partial charge in [-0.25, -0.2) is 0 Å². The van der Waals surface area contributed by atoms with Gasteiger partial charge in [-0.15, -0.1) is 0 Å². The molecular formula is C8H13N5O3S. The van der Waals surface area contributed by atoms with E-state index in [1.165, 1.54) is 16.4 Å². The molecule has 94 valence electrons. The minimum absolute atomic E-state index is 0.353. The first-order valence-corrected chi connectivity index (χ1v) is 5.75. The number of amides is 1. The van der Waals surface area contributed by atoms with Gasteiger partial charge in [0, 0.05) is 12.8 Å². The number of aromatic amines is 1. The van der Waals surface area contributed by atoms with E-state index in [9.17, 15) is 14.4 Å². The van der Waals surface area contributed by atoms with Crippen molar-refractivity contribution >= 4 is 17.7 Å². The number of H-pyrrole nitrogens is 1. The molecule has 0 aliphatic rings. The number of aromatic nitrogens is 3. The van der Waals surface area contributed by atoms with Gasteiger partial charge in [-0.3, -0.25) is 24.2 Å². The third-order valence-corrected chi connectivity index (χ3v) is 3.04. The van der Waals surface area contributed by atoms with Crippen LogP contribution in [0.4, 0.5) is 0 Å². The first-order chi connectivity index (χ1) is 7.91. The lowest BCUT2D eigenvalue weighted by Crippen LogP contribution is -2.37. The van der Waals surface area contributed by atoms with E-state index >= 15 is 0 Å². The van der Waals surface area contributed by atoms with Crippen molar-refractivity contribution in [2.45, 2.75) is 17.6 Å². The summed E-state index contributed by atoms with van der Waals surface area (Å²) in [6, 6.07) is -0.720. The van der Waals surface area contributed by atoms with Crippen LogP contribution < -0.4 is 22.6 Å². The number of nitrogens with one attached hydrogen (secondary N) is 1. The van der Waals surface area contributed by atoms with Crippen molar-refractivity contribution in [3.05, 3.63) is 20.7 Å². The predicted octanol–water partition coefficient (Wildman–Crippen LogP) is -2.24. The molecule has 0 aromatic carbocycles. The molecule has 8 nitrogen and oxygen atoms in total. The summed E-state index contributed by atoms with van der Waals surface area (Å²) < 4.78 is 1.34. The summed E-state index contributed by atoms with van der Waals surface area (Å²) in [5, 5.41) is 2.66. The van der Waals surface area contributed by atoms with E-state index in [4.69, 9.17) is 11.5 Å². The molecule has 0 saturated carbocycles. The highest BCUT2D eigenvalue weighted by Gasteiger charge is 2.10. The lowest BCUT2D eigenvalue weighted by Gasteiger charge is -2.08. The van der Waals surface area contributed by atoms with E-state index < -0.39 is 23.1 Å². The number of carbonyl (C=O) groups is 1. The number of rotatable bonds is 5. The van der Waals surface area contributed by atoms with Crippen LogP contribution >= 0.6 is 11.8 Å². The van der Waals surface area contributed by atoms with Gasteiger partial charge in [0.05, 0.1) is 6.04 Å². The number of carbonyl (C=O) groups excluding carboxylic acids is 1. The van der Waals surface area contributed by atoms with E-state index in [1.807, 2.05) is 0 Å². The number of nitrogens with zero attached hydrogens (tertiary/aromatic N) is 2. The Balaban J connectivity index is 2.64. The summed E-state index contributed by atoms with van der Waals surface area (Å²) >= 11 is 1.21. The van der Waals surface area contributed by atoms with Crippen molar-refractivity contribution < 1.29 is 4.79 Å². The summed E-state index contributed by atoms with van der Waals surface area (Å²) in [4.78, 5) is 36.2. The number of nitrogens with two attached hydrogens (primary N) is 2. The SMILES string of the molecule is Cn1[nH]c(=O)c(=O)nc1SCCC(N)C(N)=O. The van der Waals surface area contributed by atoms with Gasteiger partial charge >= 0.3 is 11.1 Å². The zero-order valence-corrected chi connectivity index (χ0v) is 9.99. The molecule has 1 aromatic heterocycles. The minimum Gasteiger partial charge on any atom is -0.368 e. The smallest absolute Gasteiger partial charge is 0.339 e. The molecule has 1 unspecified atom stereocenters. The van der Waals surface area contributed by atoms with Gasteiger partial charge in [0.25, 0.3) is 0 Å². The summed E-state index contributed by atoms with van der Waals surface area (Å²) in [5.41, 5.74) is 8.82. The van der Waals surface area contributed by atoms with E-state index in [0.717, 1.165) is 0 Å². The van der Waals surface area contributed by atoms with Crippen LogP contribution in [0.5, 0.6) is 0 Å². The van der Waals surface area contributed by atoms with Gasteiger partial charge in [0.15, 0.2) is 5.16 Å². The molecule has 1 atom stereocenters. The average Bonchev–Trinajstić information content (AvgIpc) is 2.25. The molecule has 1 amide bonds. The number of primary amides is 1. The van der Waals surface area contributed by atoms with E-state index in [0.29, 0.717) is 17.3 Å². The van der Waals surface area contributed by atoms with Crippen LogP contribution in [0, 0.1) is 0 Å². The Morgan fingerprint density at radius 1 is 1.59 bits per heavy atom. The second-order valence-corrected chi connectivity index (χ2v) is 4.41. The van der Waals surface area contributed by atoms with Crippen molar-refractivity contribution in [1.29, 1.82) is 0 Å². The first-order valence-electron chi connectivity index (χ1n) is 4.77. The van der Waals surface area contributed by atoms with Crippen molar-refractivity contribution in [3.63, 3.8) is 0 Å². The largest absolute Gasteiger partial charge is 0.368 e. The Labute approximate surface area is 100 Å². The number of thioether (sulfide) groups is 1. The monoisotopic (exact) mass is 259 g/mol. The molecule has 0 aliphatic heterocycles. The molecule has 0 spiro atoms. The predicted molar refractivity (Wildman–Crippen MR) is 62.6 cm³/mol. The van der Waals surface area contributed by atoms with Gasteiger partial charge in [-0.1, -0.05) is 11.8 Å². The molecule has 1 heterocycles. The third kappa shape index (κ3) is 3.71. The molecule has 17 heavy (non-hydrogen) atoms. The van der Waals surface area contributed by atoms with Crippen LogP contribution in [0.2, 0.25) is 0 Å². The maximum atomic E-state index is 11.0. The summed E-state index contributed by atoms with van der Waals surface area (Å²) in [6.45, 7) is 0. The standard InChI is InChI=1S/C8H13N5O3S/c1-13-8(11-6(15)7(16)12-13)17-3-2-4(9)5(10)14/h4H,2-3,9H2,1H3,(H2,10,14)(H,12,16). The van der Waals surface area contributed by atoms with Crippen molar-refractivity contribution in [3.8, 4) is 0 Å². The molecular weight excluding hydrogens is 246 g/mol. The molecule has 0 aliphatic carbocycles. The van der Waals surface area contributed by atoms with E-state index in [2.05, 4.69) is 10.1 Å². The van der Waals surface area contributed by atoms with Crippen LogP contribution in [0.15, 0.2) is 14.7 Å². The van der Waals surface area contributed by atoms with Gasteiger partial charge in [-0.2, -0.15) is 4.98 Å². The summed E-state index contributed by atoms with van der Waals surface area (Å²) in [7, 11) is 1.56. The zero-order chi connectivity index (χ0) is 13.0. The minimum atomic E-state index is -0.843. The normalized spacial score (nSPS) is 12.4. The summed E-state index contributed by atoms with van der Waals surface area (Å²) in [6.07, 6.45) is 0.370. The first kappa shape index (κ1) is 13.5. The van der Waals surface area contributed by atoms with Gasteiger partial charge < -0.3 is 11.5 Å². The molecule has 0 bridgehead atoms. The Kier molecular flexibility index (Phi) is 4.46. The molecule has 0 fully saturated rings. The number of hydrogen-bond donors (Lipinski definition) is 3. The van der Waals surface area contributed by atoms with Crippen molar-refractivity contribution in [1.82, 2.24) is 14.8 Å². The van der Waals surface area contributed by atoms with Crippen molar-refractivity contribution in [2.75, 3.05) is 5.75 Å². The van der Waals surface area contributed by atoms with Gasteiger partial charge in [0.1, 0.15) is 0 Å². The second kappa shape index (κ2) is 5.64. The molecule has 1 aromatic rings. The fraction of sp³-hybridized carbons (Fsp3) is 0.500. The number of hydrogen-bond acceptors (Lipinski definition) is 6. The second-order valence-electron chi connectivity index (χ2n) is 3.35. The lowest BCUT2D eigenvalue weighted by atomic mass is 10.2. The molecule has 0 radical (unpaired) electrons. The maximum absolute atomic E-state index is 11.0. The highest BCUT2D eigenvalue weighted by molar-refractivity contribution is 7.99. The molecule has 9 heteroatoms. The fourth-order valence-electron chi connectivity index (χ4n) is 1.01. The topological polar surface area (TPSA) is 137 Å². The summed E-state index contributed by atoms with van der Waals surface area (Å²) in [5.74, 6) is -0.106. The maximum Gasteiger partial charge on any atom is 0.339 e. The highest BCUT2D eigenvalue weighted by Crippen LogP contribution is 2.12. The average molecular weight is 259 g/mol. The zero-order valence-electron chi connectivity index (χ0n) is 9.17. The Morgan fingerprint density at radius 2 is 2.24 bits per heavy atom. The Hall–Kier alpha value is -1.61. The van der Waals surface area contributed by atoms with Crippen molar-refractivity contribution in [2.24, 2.45) is 18.5 Å². The lowest BCUT2D eigenvalue weighted by molar-refractivity contribution is -0.119. The van der Waals surface area contributed by atoms with Crippen LogP contribution in [0.1, 0.15) is 6.42 Å². The van der Waals surface area contributed by atoms with E-state index in [1.54, 1.807) is 7.05 Å². The molecule has 0 saturated heterocycles. The third-order valence-electron chi connectivity index (χ3n) is 1.97. The van der Waals surface area contributed by atoms with Crippen LogP contribution in [-0.2, 0) is 11.8 Å². The van der Waals surface area contributed by atoms with Gasteiger partial charge in [0.2, 0.25) is 5.91 Å². The van der Waals surface area contributed by atoms with Crippen LogP contribution in [-0.4, -0.2) is 32.5 Å². The number of aryl methyl sites for hydroxylation is 1. The highest BCUT2D eigenvalue weighted by atomic mass is 32.2. The molecule has 5 N–H and O–H groups in total. The van der Waals surface area contributed by atoms with Crippen LogP contribution in [0.25, 0.3) is 0 Å².